The van der Waals surface area contributed by atoms with Gasteiger partial charge in [-0.25, -0.2) is 9.97 Å². The molecule has 5 nitrogen and oxygen atoms in total. The van der Waals surface area contributed by atoms with E-state index in [1.54, 1.807) is 17.1 Å². The fourth-order valence-corrected chi connectivity index (χ4v) is 2.75. The van der Waals surface area contributed by atoms with Crippen molar-refractivity contribution in [1.82, 2.24) is 14.5 Å². The Hall–Kier alpha value is -2.47. The highest BCUT2D eigenvalue weighted by Gasteiger charge is 2.15. The fraction of sp³-hybridized carbons (Fsp3) is 0.133. The van der Waals surface area contributed by atoms with Crippen molar-refractivity contribution in [2.75, 3.05) is 5.32 Å². The lowest BCUT2D eigenvalue weighted by atomic mass is 10.3. The first-order chi connectivity index (χ1) is 10.1. The predicted octanol–water partition coefficient (Wildman–Crippen LogP) is 3.20. The van der Waals surface area contributed by atoms with Gasteiger partial charge in [0.25, 0.3) is 5.91 Å². The quantitative estimate of drug-likeness (QED) is 0.807. The van der Waals surface area contributed by atoms with Gasteiger partial charge in [-0.15, -0.1) is 11.3 Å². The lowest BCUT2D eigenvalue weighted by Crippen LogP contribution is -2.15. The number of anilines is 1. The molecule has 0 aliphatic carbocycles. The van der Waals surface area contributed by atoms with Crippen LogP contribution in [0.3, 0.4) is 0 Å². The number of amides is 1. The Labute approximate surface area is 126 Å². The summed E-state index contributed by atoms with van der Waals surface area (Å²) in [5.41, 5.74) is 2.31. The predicted molar refractivity (Wildman–Crippen MR) is 83.1 cm³/mol. The third-order valence-corrected chi connectivity index (χ3v) is 4.14. The van der Waals surface area contributed by atoms with Crippen LogP contribution in [0.5, 0.6) is 0 Å². The van der Waals surface area contributed by atoms with Gasteiger partial charge in [0.1, 0.15) is 5.69 Å². The number of rotatable bonds is 3. The van der Waals surface area contributed by atoms with Crippen LogP contribution in [0.2, 0.25) is 0 Å². The minimum Gasteiger partial charge on any atom is -0.296 e. The number of imidazole rings is 1. The highest BCUT2D eigenvalue weighted by Crippen LogP contribution is 2.22. The maximum absolute atomic E-state index is 12.4. The molecule has 1 N–H and O–H groups in total. The molecule has 0 unspecified atom stereocenters. The van der Waals surface area contributed by atoms with Crippen LogP contribution >= 0.6 is 11.3 Å². The molecule has 0 aliphatic rings. The van der Waals surface area contributed by atoms with Crippen LogP contribution in [0.1, 0.15) is 21.1 Å². The minimum absolute atomic E-state index is 0.217. The second kappa shape index (κ2) is 5.49. The van der Waals surface area contributed by atoms with E-state index in [2.05, 4.69) is 15.3 Å². The summed E-state index contributed by atoms with van der Waals surface area (Å²) in [6.07, 6.45) is 3.18. The zero-order valence-corrected chi connectivity index (χ0v) is 12.5. The molecular weight excluding hydrogens is 284 g/mol. The number of nitrogens with one attached hydrogen (secondary N) is 1. The third kappa shape index (κ3) is 2.71. The first-order valence-corrected chi connectivity index (χ1v) is 7.30. The SMILES string of the molecule is Cc1nc(NC(=O)c2cncn2-c2ccccc2)sc1C. The highest BCUT2D eigenvalue weighted by atomic mass is 32.1. The summed E-state index contributed by atoms with van der Waals surface area (Å²) < 4.78 is 1.75. The van der Waals surface area contributed by atoms with E-state index in [1.807, 2.05) is 44.2 Å². The van der Waals surface area contributed by atoms with Gasteiger partial charge in [0, 0.05) is 10.6 Å². The van der Waals surface area contributed by atoms with Gasteiger partial charge in [0.2, 0.25) is 0 Å². The summed E-state index contributed by atoms with van der Waals surface area (Å²) in [6.45, 7) is 3.91. The Bertz CT molecular complexity index is 757. The van der Waals surface area contributed by atoms with Gasteiger partial charge in [-0.05, 0) is 26.0 Å². The number of nitrogens with zero attached hydrogens (tertiary/aromatic N) is 3. The molecular formula is C15H14N4OS. The molecule has 1 amide bonds. The van der Waals surface area contributed by atoms with Crippen LogP contribution in [0.15, 0.2) is 42.9 Å². The molecule has 0 radical (unpaired) electrons. The lowest BCUT2D eigenvalue weighted by Gasteiger charge is -2.07. The van der Waals surface area contributed by atoms with E-state index in [0.717, 1.165) is 16.3 Å². The smallest absolute Gasteiger partial charge is 0.276 e. The Kier molecular flexibility index (Phi) is 3.53. The van der Waals surface area contributed by atoms with Crippen LogP contribution in [0.25, 0.3) is 5.69 Å². The molecule has 0 fully saturated rings. The first-order valence-electron chi connectivity index (χ1n) is 6.48. The molecule has 0 saturated carbocycles. The molecule has 0 atom stereocenters. The van der Waals surface area contributed by atoms with E-state index in [-0.39, 0.29) is 5.91 Å². The van der Waals surface area contributed by atoms with Gasteiger partial charge in [0.05, 0.1) is 18.2 Å². The number of hydrogen-bond donors (Lipinski definition) is 1. The van der Waals surface area contributed by atoms with Crippen molar-refractivity contribution < 1.29 is 4.79 Å². The second-order valence-electron chi connectivity index (χ2n) is 4.60. The average molecular weight is 298 g/mol. The van der Waals surface area contributed by atoms with Crippen molar-refractivity contribution in [3.63, 3.8) is 0 Å². The Morgan fingerprint density at radius 3 is 2.67 bits per heavy atom. The number of aromatic nitrogens is 3. The molecule has 0 aliphatic heterocycles. The van der Waals surface area contributed by atoms with Gasteiger partial charge in [0.15, 0.2) is 5.13 Å². The van der Waals surface area contributed by atoms with E-state index in [9.17, 15) is 4.79 Å². The van der Waals surface area contributed by atoms with Crippen LogP contribution in [0, 0.1) is 13.8 Å². The molecule has 6 heteroatoms. The van der Waals surface area contributed by atoms with Gasteiger partial charge in [-0.2, -0.15) is 0 Å². The van der Waals surface area contributed by atoms with E-state index in [4.69, 9.17) is 0 Å². The summed E-state index contributed by atoms with van der Waals surface area (Å²) in [6, 6.07) is 9.63. The zero-order valence-electron chi connectivity index (χ0n) is 11.7. The van der Waals surface area contributed by atoms with Crippen molar-refractivity contribution in [3.8, 4) is 5.69 Å². The minimum atomic E-state index is -0.217. The number of benzene rings is 1. The second-order valence-corrected chi connectivity index (χ2v) is 5.80. The van der Waals surface area contributed by atoms with Gasteiger partial charge < -0.3 is 0 Å². The standard InChI is InChI=1S/C15H14N4OS/c1-10-11(2)21-15(17-10)18-14(20)13-8-16-9-19(13)12-6-4-3-5-7-12/h3-9H,1-2H3,(H,17,18,20). The van der Waals surface area contributed by atoms with Crippen LogP contribution in [-0.4, -0.2) is 20.4 Å². The van der Waals surface area contributed by atoms with Crippen molar-refractivity contribution in [1.29, 1.82) is 0 Å². The normalized spacial score (nSPS) is 10.6. The van der Waals surface area contributed by atoms with Crippen molar-refractivity contribution in [2.24, 2.45) is 0 Å². The molecule has 0 saturated heterocycles. The number of carbonyl (C=O) groups is 1. The number of para-hydroxylation sites is 1. The molecule has 0 spiro atoms. The van der Waals surface area contributed by atoms with Crippen molar-refractivity contribution in [3.05, 3.63) is 59.1 Å². The summed E-state index contributed by atoms with van der Waals surface area (Å²) >= 11 is 1.47. The molecule has 2 heterocycles. The Morgan fingerprint density at radius 2 is 2.00 bits per heavy atom. The largest absolute Gasteiger partial charge is 0.296 e. The molecule has 2 aromatic heterocycles. The van der Waals surface area contributed by atoms with E-state index in [1.165, 1.54) is 11.3 Å². The molecule has 3 rings (SSSR count). The van der Waals surface area contributed by atoms with Gasteiger partial charge >= 0.3 is 0 Å². The van der Waals surface area contributed by atoms with Gasteiger partial charge in [-0.3, -0.25) is 14.7 Å². The summed E-state index contributed by atoms with van der Waals surface area (Å²) in [5, 5.41) is 3.43. The number of aryl methyl sites for hydroxylation is 2. The topological polar surface area (TPSA) is 59.8 Å². The van der Waals surface area contributed by atoms with E-state index < -0.39 is 0 Å². The maximum atomic E-state index is 12.4. The highest BCUT2D eigenvalue weighted by molar-refractivity contribution is 7.15. The van der Waals surface area contributed by atoms with E-state index in [0.29, 0.717) is 10.8 Å². The number of carbonyl (C=O) groups excluding carboxylic acids is 1. The van der Waals surface area contributed by atoms with Crippen LogP contribution in [0.4, 0.5) is 5.13 Å². The average Bonchev–Trinajstić information content (AvgIpc) is 3.07. The van der Waals surface area contributed by atoms with Crippen LogP contribution in [-0.2, 0) is 0 Å². The summed E-state index contributed by atoms with van der Waals surface area (Å²) in [4.78, 5) is 21.9. The van der Waals surface area contributed by atoms with Crippen molar-refractivity contribution >= 4 is 22.4 Å². The lowest BCUT2D eigenvalue weighted by molar-refractivity contribution is 0.102. The van der Waals surface area contributed by atoms with E-state index >= 15 is 0 Å². The number of hydrogen-bond acceptors (Lipinski definition) is 4. The van der Waals surface area contributed by atoms with Crippen LogP contribution < -0.4 is 5.32 Å². The Balaban J connectivity index is 1.88. The van der Waals surface area contributed by atoms with Gasteiger partial charge in [-0.1, -0.05) is 18.2 Å². The molecule has 21 heavy (non-hydrogen) atoms. The monoisotopic (exact) mass is 298 g/mol. The molecule has 0 bridgehead atoms. The van der Waals surface area contributed by atoms with Crippen molar-refractivity contribution in [2.45, 2.75) is 13.8 Å². The first kappa shape index (κ1) is 13.5. The maximum Gasteiger partial charge on any atom is 0.276 e. The molecule has 3 aromatic rings. The molecule has 106 valence electrons. The fourth-order valence-electron chi connectivity index (χ4n) is 1.94. The Morgan fingerprint density at radius 1 is 1.24 bits per heavy atom. The molecule has 1 aromatic carbocycles. The third-order valence-electron chi connectivity index (χ3n) is 3.15. The number of thiazole rings is 1. The summed E-state index contributed by atoms with van der Waals surface area (Å²) in [5.74, 6) is -0.217. The summed E-state index contributed by atoms with van der Waals surface area (Å²) in [7, 11) is 0. The zero-order chi connectivity index (χ0) is 14.8.